The Bertz CT molecular complexity index is 1460. The Labute approximate surface area is 227 Å². The summed E-state index contributed by atoms with van der Waals surface area (Å²) in [7, 11) is 0. The van der Waals surface area contributed by atoms with Gasteiger partial charge in [-0.1, -0.05) is 6.58 Å². The molecular formula is C29H35N7O3. The van der Waals surface area contributed by atoms with Gasteiger partial charge in [-0.2, -0.15) is 4.98 Å². The minimum absolute atomic E-state index is 0.0514. The summed E-state index contributed by atoms with van der Waals surface area (Å²) in [6, 6.07) is 11.4. The van der Waals surface area contributed by atoms with Gasteiger partial charge in [0.2, 0.25) is 17.8 Å². The molecule has 5 rings (SSSR count). The Morgan fingerprint density at radius 3 is 2.54 bits per heavy atom. The summed E-state index contributed by atoms with van der Waals surface area (Å²) in [5, 5.41) is 4.05. The zero-order valence-electron chi connectivity index (χ0n) is 22.8. The van der Waals surface area contributed by atoms with E-state index in [2.05, 4.69) is 52.7 Å². The number of likely N-dealkylation sites (tertiary alicyclic amines) is 1. The van der Waals surface area contributed by atoms with E-state index in [9.17, 15) is 14.4 Å². The van der Waals surface area contributed by atoms with Crippen LogP contribution < -0.4 is 15.8 Å². The molecule has 4 heterocycles. The third-order valence-corrected chi connectivity index (χ3v) is 7.70. The van der Waals surface area contributed by atoms with Crippen LogP contribution in [0.5, 0.6) is 0 Å². The van der Waals surface area contributed by atoms with Crippen molar-refractivity contribution in [1.29, 1.82) is 0 Å². The van der Waals surface area contributed by atoms with Crippen molar-refractivity contribution in [3.05, 3.63) is 65.6 Å². The number of nitrogens with zero attached hydrogens (tertiary/aromatic N) is 6. The zero-order valence-corrected chi connectivity index (χ0v) is 22.8. The molecule has 3 aromatic rings. The van der Waals surface area contributed by atoms with Gasteiger partial charge in [-0.25, -0.2) is 4.98 Å². The Balaban J connectivity index is 1.27. The lowest BCUT2D eigenvalue weighted by Crippen LogP contribution is -2.60. The molecule has 0 atom stereocenters. The molecule has 1 N–H and O–H groups in total. The number of hydrogen-bond donors (Lipinski definition) is 1. The summed E-state index contributed by atoms with van der Waals surface area (Å²) in [5.41, 5.74) is 2.17. The van der Waals surface area contributed by atoms with E-state index in [0.29, 0.717) is 43.7 Å². The Morgan fingerprint density at radius 2 is 1.87 bits per heavy atom. The van der Waals surface area contributed by atoms with E-state index in [0.717, 1.165) is 36.3 Å². The van der Waals surface area contributed by atoms with Crippen LogP contribution in [0.3, 0.4) is 0 Å². The molecule has 2 fully saturated rings. The van der Waals surface area contributed by atoms with E-state index in [4.69, 9.17) is 0 Å². The minimum Gasteiger partial charge on any atom is -0.367 e. The molecule has 10 heteroatoms. The molecule has 0 aliphatic carbocycles. The molecule has 0 spiro atoms. The van der Waals surface area contributed by atoms with Crippen molar-refractivity contribution in [3.8, 4) is 0 Å². The molecule has 204 valence electrons. The fraction of sp³-hybridized carbons (Fsp3) is 0.414. The second kappa shape index (κ2) is 10.5. The number of carbonyl (C=O) groups is 2. The van der Waals surface area contributed by atoms with Gasteiger partial charge in [-0.05, 0) is 62.6 Å². The Morgan fingerprint density at radius 1 is 1.13 bits per heavy atom. The number of benzene rings is 1. The molecule has 2 aliphatic rings. The first-order chi connectivity index (χ1) is 18.6. The lowest BCUT2D eigenvalue weighted by Gasteiger charge is -2.47. The molecule has 1 aromatic carbocycles. The van der Waals surface area contributed by atoms with Crippen LogP contribution in [0.25, 0.3) is 11.0 Å². The number of carbonyl (C=O) groups excluding carboxylic acids is 2. The molecule has 0 bridgehead atoms. The number of rotatable bonds is 7. The first-order valence-corrected chi connectivity index (χ1v) is 13.3. The van der Waals surface area contributed by atoms with Crippen LogP contribution in [0.2, 0.25) is 0 Å². The lowest BCUT2D eigenvalue weighted by molar-refractivity contribution is -0.134. The third kappa shape index (κ3) is 5.50. The summed E-state index contributed by atoms with van der Waals surface area (Å²) < 4.78 is 1.69. The SMILES string of the molecule is C=CC(=O)N1CC(CCn2c(=O)ccc3cnc(Nc4ccc(N5CCN(C(C)=O)C(C)(C)C5)cc4)nc32)C1. The van der Waals surface area contributed by atoms with E-state index in [1.54, 1.807) is 34.7 Å². The maximum absolute atomic E-state index is 12.7. The monoisotopic (exact) mass is 529 g/mol. The molecule has 2 amide bonds. The third-order valence-electron chi connectivity index (χ3n) is 7.70. The van der Waals surface area contributed by atoms with E-state index in [-0.39, 0.29) is 22.9 Å². The maximum Gasteiger partial charge on any atom is 0.252 e. The van der Waals surface area contributed by atoms with Crippen LogP contribution in [-0.4, -0.2) is 74.4 Å². The fourth-order valence-electron chi connectivity index (χ4n) is 5.56. The molecule has 2 aliphatic heterocycles. The number of amides is 2. The van der Waals surface area contributed by atoms with Crippen molar-refractivity contribution in [1.82, 2.24) is 24.3 Å². The smallest absolute Gasteiger partial charge is 0.252 e. The van der Waals surface area contributed by atoms with E-state index in [1.807, 2.05) is 17.0 Å². The summed E-state index contributed by atoms with van der Waals surface area (Å²) in [5.74, 6) is 0.821. The largest absolute Gasteiger partial charge is 0.367 e. The molecule has 39 heavy (non-hydrogen) atoms. The highest BCUT2D eigenvalue weighted by molar-refractivity contribution is 5.87. The van der Waals surface area contributed by atoms with Gasteiger partial charge in [0.1, 0.15) is 5.65 Å². The number of hydrogen-bond acceptors (Lipinski definition) is 7. The maximum atomic E-state index is 12.7. The van der Waals surface area contributed by atoms with Gasteiger partial charge in [0.25, 0.3) is 5.56 Å². The van der Waals surface area contributed by atoms with Crippen LogP contribution in [0.1, 0.15) is 27.2 Å². The summed E-state index contributed by atoms with van der Waals surface area (Å²) in [6.07, 6.45) is 3.84. The molecule has 0 saturated carbocycles. The van der Waals surface area contributed by atoms with Crippen molar-refractivity contribution < 1.29 is 9.59 Å². The number of pyridine rings is 1. The Hall–Kier alpha value is -4.21. The average molecular weight is 530 g/mol. The number of aromatic nitrogens is 3. The van der Waals surface area contributed by atoms with Crippen molar-refractivity contribution in [3.63, 3.8) is 0 Å². The predicted octanol–water partition coefficient (Wildman–Crippen LogP) is 3.02. The second-order valence-electron chi connectivity index (χ2n) is 11.0. The normalized spacial score (nSPS) is 17.2. The minimum atomic E-state index is -0.239. The number of aryl methyl sites for hydroxylation is 1. The van der Waals surface area contributed by atoms with Crippen molar-refractivity contribution >= 4 is 40.2 Å². The molecular weight excluding hydrogens is 494 g/mol. The van der Waals surface area contributed by atoms with Crippen molar-refractivity contribution in [2.45, 2.75) is 39.3 Å². The van der Waals surface area contributed by atoms with Gasteiger partial charge < -0.3 is 20.0 Å². The molecule has 10 nitrogen and oxygen atoms in total. The molecule has 0 unspecified atom stereocenters. The van der Waals surface area contributed by atoms with Crippen LogP contribution in [0.15, 0.2) is 60.0 Å². The first kappa shape index (κ1) is 26.4. The van der Waals surface area contributed by atoms with Crippen molar-refractivity contribution in [2.75, 3.05) is 42.9 Å². The molecule has 2 saturated heterocycles. The fourth-order valence-corrected chi connectivity index (χ4v) is 5.56. The number of piperazine rings is 1. The standard InChI is InChI=1S/C29H35N7O3/c1-5-25(38)34-17-21(18-34)12-13-35-26(39)11-6-22-16-30-28(32-27(22)35)31-23-7-9-24(10-8-23)33-14-15-36(20(2)37)29(3,4)19-33/h5-11,16,21H,1,12-15,17-19H2,2-4H3,(H,30,31,32). The summed E-state index contributed by atoms with van der Waals surface area (Å²) >= 11 is 0. The summed E-state index contributed by atoms with van der Waals surface area (Å²) in [6.45, 7) is 13.5. The van der Waals surface area contributed by atoms with Gasteiger partial charge in [-0.15, -0.1) is 0 Å². The number of nitrogens with one attached hydrogen (secondary N) is 1. The molecule has 2 aromatic heterocycles. The number of fused-ring (bicyclic) bond motifs is 1. The van der Waals surface area contributed by atoms with Gasteiger partial charge in [-0.3, -0.25) is 19.0 Å². The molecule has 0 radical (unpaired) electrons. The van der Waals surface area contributed by atoms with Gasteiger partial charge >= 0.3 is 0 Å². The van der Waals surface area contributed by atoms with E-state index in [1.165, 1.54) is 6.08 Å². The van der Waals surface area contributed by atoms with Crippen molar-refractivity contribution in [2.24, 2.45) is 5.92 Å². The highest BCUT2D eigenvalue weighted by Crippen LogP contribution is 2.27. The average Bonchev–Trinajstić information content (AvgIpc) is 2.88. The van der Waals surface area contributed by atoms with Gasteiger partial charge in [0, 0.05) is 75.2 Å². The lowest BCUT2D eigenvalue weighted by atomic mass is 9.96. The quantitative estimate of drug-likeness (QED) is 0.469. The van der Waals surface area contributed by atoms with Crippen LogP contribution in [0.4, 0.5) is 17.3 Å². The topological polar surface area (TPSA) is 104 Å². The predicted molar refractivity (Wildman–Crippen MR) is 152 cm³/mol. The zero-order chi connectivity index (χ0) is 27.7. The first-order valence-electron chi connectivity index (χ1n) is 13.3. The van der Waals surface area contributed by atoms with Gasteiger partial charge in [0.05, 0.1) is 5.54 Å². The summed E-state index contributed by atoms with van der Waals surface area (Å²) in [4.78, 5) is 51.5. The second-order valence-corrected chi connectivity index (χ2v) is 11.0. The van der Waals surface area contributed by atoms with E-state index < -0.39 is 0 Å². The Kier molecular flexibility index (Phi) is 7.12. The van der Waals surface area contributed by atoms with Gasteiger partial charge in [0.15, 0.2) is 0 Å². The van der Waals surface area contributed by atoms with E-state index >= 15 is 0 Å². The number of anilines is 3. The van der Waals surface area contributed by atoms with Crippen LogP contribution >= 0.6 is 0 Å². The van der Waals surface area contributed by atoms with Crippen LogP contribution in [-0.2, 0) is 16.1 Å². The van der Waals surface area contributed by atoms with Crippen LogP contribution in [0, 0.1) is 5.92 Å². The highest BCUT2D eigenvalue weighted by Gasteiger charge is 2.35. The highest BCUT2D eigenvalue weighted by atomic mass is 16.2.